The number of ether oxygens (including phenoxy) is 3. The van der Waals surface area contributed by atoms with Gasteiger partial charge in [-0.3, -0.25) is 9.59 Å². The normalized spacial score (nSPS) is 13.4. The van der Waals surface area contributed by atoms with Crippen molar-refractivity contribution in [3.8, 4) is 17.2 Å². The highest BCUT2D eigenvalue weighted by molar-refractivity contribution is 5.98. The number of aryl methyl sites for hydroxylation is 2. The zero-order chi connectivity index (χ0) is 23.3. The van der Waals surface area contributed by atoms with Gasteiger partial charge in [-0.25, -0.2) is 0 Å². The van der Waals surface area contributed by atoms with Crippen LogP contribution in [0.1, 0.15) is 46.3 Å². The highest BCUT2D eigenvalue weighted by atomic mass is 16.5. The average molecular weight is 438 g/mol. The minimum atomic E-state index is -0.00820. The molecule has 0 aromatic heterocycles. The van der Waals surface area contributed by atoms with Crippen LogP contribution in [0.4, 0.5) is 0 Å². The molecule has 3 rings (SSSR count). The fourth-order valence-electron chi connectivity index (χ4n) is 3.88. The Bertz CT molecular complexity index is 1020. The summed E-state index contributed by atoms with van der Waals surface area (Å²) >= 11 is 0. The molecular formula is C26H31NO5. The Hall–Kier alpha value is -3.28. The number of rotatable bonds is 8. The van der Waals surface area contributed by atoms with Gasteiger partial charge in [0.25, 0.3) is 0 Å². The van der Waals surface area contributed by atoms with Crippen molar-refractivity contribution in [2.24, 2.45) is 0 Å². The predicted octanol–water partition coefficient (Wildman–Crippen LogP) is 4.61. The van der Waals surface area contributed by atoms with Crippen LogP contribution < -0.4 is 14.2 Å². The number of benzene rings is 2. The van der Waals surface area contributed by atoms with Gasteiger partial charge in [0.1, 0.15) is 17.2 Å². The molecule has 1 aliphatic rings. The molecule has 6 nitrogen and oxygen atoms in total. The molecule has 0 N–H and O–H groups in total. The lowest BCUT2D eigenvalue weighted by Gasteiger charge is -2.28. The van der Waals surface area contributed by atoms with Crippen LogP contribution in [0.25, 0.3) is 5.57 Å². The van der Waals surface area contributed by atoms with Crippen molar-refractivity contribution in [2.75, 3.05) is 34.4 Å². The van der Waals surface area contributed by atoms with Crippen molar-refractivity contribution in [3.63, 3.8) is 0 Å². The van der Waals surface area contributed by atoms with Crippen LogP contribution in [-0.4, -0.2) is 51.0 Å². The maximum atomic E-state index is 12.7. The van der Waals surface area contributed by atoms with Gasteiger partial charge in [0.15, 0.2) is 5.78 Å². The van der Waals surface area contributed by atoms with E-state index in [1.165, 1.54) is 0 Å². The number of carbonyl (C=O) groups excluding carboxylic acids is 2. The molecule has 0 unspecified atom stereocenters. The monoisotopic (exact) mass is 437 g/mol. The maximum Gasteiger partial charge on any atom is 0.223 e. The zero-order valence-corrected chi connectivity index (χ0v) is 19.5. The van der Waals surface area contributed by atoms with E-state index in [4.69, 9.17) is 14.2 Å². The lowest BCUT2D eigenvalue weighted by molar-refractivity contribution is -0.130. The molecule has 0 spiro atoms. The van der Waals surface area contributed by atoms with Crippen LogP contribution in [0.5, 0.6) is 17.2 Å². The molecule has 0 radical (unpaired) electrons. The molecule has 2 aromatic rings. The Kier molecular flexibility index (Phi) is 7.57. The summed E-state index contributed by atoms with van der Waals surface area (Å²) in [4.78, 5) is 27.0. The molecule has 6 heteroatoms. The fraction of sp³-hybridized carbons (Fsp3) is 0.385. The smallest absolute Gasteiger partial charge is 0.223 e. The first-order valence-electron chi connectivity index (χ1n) is 10.8. The molecule has 1 aliphatic heterocycles. The van der Waals surface area contributed by atoms with E-state index < -0.39 is 0 Å². The molecule has 0 saturated heterocycles. The summed E-state index contributed by atoms with van der Waals surface area (Å²) in [6, 6.07) is 9.33. The zero-order valence-electron chi connectivity index (χ0n) is 19.5. The van der Waals surface area contributed by atoms with Crippen LogP contribution >= 0.6 is 0 Å². The third kappa shape index (κ3) is 5.13. The predicted molar refractivity (Wildman–Crippen MR) is 125 cm³/mol. The van der Waals surface area contributed by atoms with Crippen LogP contribution in [-0.2, 0) is 4.79 Å². The molecule has 0 atom stereocenters. The van der Waals surface area contributed by atoms with Crippen molar-refractivity contribution in [1.82, 2.24) is 4.90 Å². The van der Waals surface area contributed by atoms with Gasteiger partial charge in [0, 0.05) is 43.6 Å². The highest BCUT2D eigenvalue weighted by Crippen LogP contribution is 2.40. The van der Waals surface area contributed by atoms with E-state index in [2.05, 4.69) is 0 Å². The van der Waals surface area contributed by atoms with Crippen molar-refractivity contribution in [3.05, 3.63) is 58.7 Å². The van der Waals surface area contributed by atoms with Gasteiger partial charge in [0.2, 0.25) is 5.91 Å². The molecule has 0 saturated carbocycles. The molecule has 170 valence electrons. The first kappa shape index (κ1) is 23.4. The van der Waals surface area contributed by atoms with E-state index in [1.807, 2.05) is 50.3 Å². The molecule has 0 aliphatic carbocycles. The summed E-state index contributed by atoms with van der Waals surface area (Å²) in [6.07, 6.45) is 3.13. The number of amides is 1. The summed E-state index contributed by atoms with van der Waals surface area (Å²) < 4.78 is 16.4. The number of Topliss-reactive ketones (excluding diaryl/α,β-unsaturated/α-hetero) is 1. The molecule has 2 aromatic carbocycles. The third-order valence-corrected chi connectivity index (χ3v) is 5.99. The molecular weight excluding hydrogens is 406 g/mol. The lowest BCUT2D eigenvalue weighted by Crippen LogP contribution is -2.34. The van der Waals surface area contributed by atoms with E-state index >= 15 is 0 Å². The van der Waals surface area contributed by atoms with Gasteiger partial charge < -0.3 is 19.1 Å². The Balaban J connectivity index is 1.65. The minimum absolute atomic E-state index is 0.00222. The third-order valence-electron chi connectivity index (χ3n) is 5.99. The first-order valence-corrected chi connectivity index (χ1v) is 10.8. The van der Waals surface area contributed by atoms with Crippen LogP contribution in [0.2, 0.25) is 0 Å². The first-order chi connectivity index (χ1) is 15.4. The van der Waals surface area contributed by atoms with E-state index in [0.717, 1.165) is 22.3 Å². The van der Waals surface area contributed by atoms with Crippen molar-refractivity contribution < 1.29 is 23.8 Å². The second-order valence-electron chi connectivity index (χ2n) is 7.95. The van der Waals surface area contributed by atoms with E-state index in [9.17, 15) is 9.59 Å². The van der Waals surface area contributed by atoms with Crippen LogP contribution in [0.3, 0.4) is 0 Å². The van der Waals surface area contributed by atoms with Gasteiger partial charge >= 0.3 is 0 Å². The minimum Gasteiger partial charge on any atom is -0.496 e. The fourth-order valence-corrected chi connectivity index (χ4v) is 3.88. The van der Waals surface area contributed by atoms with Crippen molar-refractivity contribution in [1.29, 1.82) is 0 Å². The second kappa shape index (κ2) is 10.4. The Morgan fingerprint density at radius 3 is 2.12 bits per heavy atom. The van der Waals surface area contributed by atoms with Gasteiger partial charge in [0.05, 0.1) is 26.9 Å². The number of hydrogen-bond donors (Lipinski definition) is 0. The average Bonchev–Trinajstić information content (AvgIpc) is 2.83. The molecule has 0 bridgehead atoms. The summed E-state index contributed by atoms with van der Waals surface area (Å²) in [5, 5.41) is 0. The number of hydrogen-bond acceptors (Lipinski definition) is 5. The number of ketones is 1. The quantitative estimate of drug-likeness (QED) is 0.565. The summed E-state index contributed by atoms with van der Waals surface area (Å²) in [5.41, 5.74) is 4.85. The van der Waals surface area contributed by atoms with Crippen molar-refractivity contribution >= 4 is 17.3 Å². The largest absolute Gasteiger partial charge is 0.496 e. The maximum absolute atomic E-state index is 12.7. The van der Waals surface area contributed by atoms with E-state index in [1.54, 1.807) is 26.2 Å². The summed E-state index contributed by atoms with van der Waals surface area (Å²) in [5.74, 6) is 2.00. The Morgan fingerprint density at radius 2 is 1.59 bits per heavy atom. The van der Waals surface area contributed by atoms with Gasteiger partial charge in [-0.05, 0) is 43.0 Å². The van der Waals surface area contributed by atoms with Gasteiger partial charge in [-0.15, -0.1) is 0 Å². The summed E-state index contributed by atoms with van der Waals surface area (Å²) in [6.45, 7) is 5.08. The highest BCUT2D eigenvalue weighted by Gasteiger charge is 2.23. The van der Waals surface area contributed by atoms with Gasteiger partial charge in [-0.1, -0.05) is 18.2 Å². The topological polar surface area (TPSA) is 65.1 Å². The second-order valence-corrected chi connectivity index (χ2v) is 7.95. The standard InChI is InChI=1S/C26H31NO5/c1-17-6-7-20(14-18(17)2)22(28)8-9-25(29)27-12-10-19(11-13-27)26-23(31-4)15-21(30-3)16-24(26)32-5/h6-7,10,14-16H,8-9,11-13H2,1-5H3. The number of methoxy groups -OCH3 is 3. The van der Waals surface area contributed by atoms with Crippen LogP contribution in [0, 0.1) is 13.8 Å². The molecule has 1 heterocycles. The van der Waals surface area contributed by atoms with Gasteiger partial charge in [-0.2, -0.15) is 0 Å². The van der Waals surface area contributed by atoms with E-state index in [0.29, 0.717) is 42.3 Å². The molecule has 1 amide bonds. The molecule has 32 heavy (non-hydrogen) atoms. The number of carbonyl (C=O) groups is 2. The van der Waals surface area contributed by atoms with Crippen molar-refractivity contribution in [2.45, 2.75) is 33.1 Å². The van der Waals surface area contributed by atoms with Crippen LogP contribution in [0.15, 0.2) is 36.4 Å². The summed E-state index contributed by atoms with van der Waals surface area (Å²) in [7, 11) is 4.83. The Labute approximate surface area is 189 Å². The van der Waals surface area contributed by atoms with E-state index in [-0.39, 0.29) is 24.5 Å². The lowest BCUT2D eigenvalue weighted by atomic mass is 9.96. The number of nitrogens with zero attached hydrogens (tertiary/aromatic N) is 1. The molecule has 0 fully saturated rings. The SMILES string of the molecule is COc1cc(OC)c(C2=CCN(C(=O)CCC(=O)c3ccc(C)c(C)c3)CC2)c(OC)c1. The Morgan fingerprint density at radius 1 is 0.906 bits per heavy atom.